The van der Waals surface area contributed by atoms with Crippen LogP contribution < -0.4 is 15.5 Å². The van der Waals surface area contributed by atoms with Gasteiger partial charge in [-0.3, -0.25) is 9.69 Å². The Hall–Kier alpha value is -4.57. The van der Waals surface area contributed by atoms with Crippen LogP contribution >= 0.6 is 0 Å². The van der Waals surface area contributed by atoms with Gasteiger partial charge in [0.1, 0.15) is 0 Å². The number of carbonyl (C=O) groups is 3. The number of carbonyl (C=O) groups excluding carboxylic acids is 2. The second-order valence-corrected chi connectivity index (χ2v) is 9.43. The van der Waals surface area contributed by atoms with Crippen molar-refractivity contribution in [2.45, 2.75) is 38.3 Å². The van der Waals surface area contributed by atoms with Crippen molar-refractivity contribution in [3.8, 4) is 0 Å². The van der Waals surface area contributed by atoms with E-state index in [1.807, 2.05) is 24.3 Å². The molecule has 1 atom stereocenters. The molecule has 1 aliphatic carbocycles. The third kappa shape index (κ3) is 7.29. The summed E-state index contributed by atoms with van der Waals surface area (Å²) in [6.45, 7) is -0.349. The summed E-state index contributed by atoms with van der Waals surface area (Å²) in [4.78, 5) is 37.8. The van der Waals surface area contributed by atoms with Gasteiger partial charge in [0.15, 0.2) is 17.7 Å². The highest BCUT2D eigenvalue weighted by molar-refractivity contribution is 6.01. The molecule has 208 valence electrons. The van der Waals surface area contributed by atoms with Gasteiger partial charge in [-0.15, -0.1) is 0 Å². The van der Waals surface area contributed by atoms with Gasteiger partial charge in [0.05, 0.1) is 13.1 Å². The molecule has 3 aromatic rings. The molecule has 3 amide bonds. The van der Waals surface area contributed by atoms with Gasteiger partial charge in [-0.1, -0.05) is 30.3 Å². The molecule has 4 rings (SSSR count). The number of aliphatic carboxylic acids is 1. The van der Waals surface area contributed by atoms with Gasteiger partial charge >= 0.3 is 12.0 Å². The topological polar surface area (TPSA) is 119 Å². The normalized spacial score (nSPS) is 13.6. The zero-order chi connectivity index (χ0) is 28.6. The number of urea groups is 1. The first kappa shape index (κ1) is 28.4. The smallest absolute Gasteiger partial charge is 0.334 e. The summed E-state index contributed by atoms with van der Waals surface area (Å²) in [6.07, 6.45) is 4.84. The van der Waals surface area contributed by atoms with E-state index in [1.165, 1.54) is 35.1 Å². The highest BCUT2D eigenvalue weighted by Gasteiger charge is 2.19. The Morgan fingerprint density at radius 1 is 0.925 bits per heavy atom. The van der Waals surface area contributed by atoms with Crippen LogP contribution in [0.5, 0.6) is 0 Å². The molecule has 0 radical (unpaired) electrons. The highest BCUT2D eigenvalue weighted by Crippen LogP contribution is 2.29. The van der Waals surface area contributed by atoms with E-state index in [2.05, 4.69) is 16.7 Å². The number of nitrogens with zero attached hydrogens (tertiary/aromatic N) is 1. The summed E-state index contributed by atoms with van der Waals surface area (Å²) in [5.41, 5.74) is 3.91. The summed E-state index contributed by atoms with van der Waals surface area (Å²) in [7, 11) is 0. The van der Waals surface area contributed by atoms with Gasteiger partial charge in [0.2, 0.25) is 0 Å². The molecule has 0 saturated heterocycles. The molecule has 40 heavy (non-hydrogen) atoms. The maximum Gasteiger partial charge on any atom is 0.334 e. The summed E-state index contributed by atoms with van der Waals surface area (Å²) in [5.74, 6) is -4.11. The zero-order valence-corrected chi connectivity index (χ0v) is 21.6. The average molecular weight is 550 g/mol. The number of benzene rings is 3. The lowest BCUT2D eigenvalue weighted by Crippen LogP contribution is -2.36. The number of allylic oxidation sites excluding steroid dienone is 2. The van der Waals surface area contributed by atoms with Crippen molar-refractivity contribution < 1.29 is 33.4 Å². The Balaban J connectivity index is 1.53. The first-order chi connectivity index (χ1) is 19.2. The van der Waals surface area contributed by atoms with Crippen molar-refractivity contribution in [3.05, 3.63) is 101 Å². The minimum Gasteiger partial charge on any atom is -0.479 e. The quantitative estimate of drug-likeness (QED) is 0.288. The standard InChI is InChI=1S/C30H29F2N3O5/c31-25-15-12-23(16-26(25)32)34-30(40)35(24-13-10-21(11-14-24)20-4-2-1-3-5-20)18-19-6-8-22(9-7-19)28(37)33-17-27(36)29(38)39/h4,6-16,27,36H,1-3,5,17-18H2,(H,33,37)(H,34,40)(H,38,39). The Morgan fingerprint density at radius 3 is 2.27 bits per heavy atom. The maximum absolute atomic E-state index is 13.7. The summed E-state index contributed by atoms with van der Waals surface area (Å²) in [5, 5.41) is 23.1. The largest absolute Gasteiger partial charge is 0.479 e. The van der Waals surface area contributed by atoms with E-state index in [0.717, 1.165) is 37.0 Å². The summed E-state index contributed by atoms with van der Waals surface area (Å²) < 4.78 is 27.1. The lowest BCUT2D eigenvalue weighted by molar-refractivity contribution is -0.146. The Labute approximate surface area is 229 Å². The van der Waals surface area contributed by atoms with Crippen LogP contribution in [0.3, 0.4) is 0 Å². The van der Waals surface area contributed by atoms with E-state index in [9.17, 15) is 28.3 Å². The number of carboxylic acids is 1. The Bertz CT molecular complexity index is 1410. The molecular weight excluding hydrogens is 520 g/mol. The Morgan fingerprint density at radius 2 is 1.65 bits per heavy atom. The van der Waals surface area contributed by atoms with Gasteiger partial charge < -0.3 is 20.8 Å². The molecule has 0 saturated carbocycles. The molecular formula is C30H29F2N3O5. The minimum atomic E-state index is -1.72. The van der Waals surface area contributed by atoms with Crippen LogP contribution in [-0.4, -0.2) is 40.8 Å². The van der Waals surface area contributed by atoms with E-state index in [4.69, 9.17) is 5.11 Å². The number of aliphatic hydroxyl groups excluding tert-OH is 1. The third-order valence-corrected chi connectivity index (χ3v) is 6.55. The molecule has 0 heterocycles. The van der Waals surface area contributed by atoms with Crippen molar-refractivity contribution in [1.82, 2.24) is 5.32 Å². The number of carboxylic acid groups (broad SMARTS) is 1. The van der Waals surface area contributed by atoms with Crippen LogP contribution in [0.2, 0.25) is 0 Å². The molecule has 3 aromatic carbocycles. The van der Waals surface area contributed by atoms with Crippen molar-refractivity contribution in [3.63, 3.8) is 0 Å². The van der Waals surface area contributed by atoms with Crippen molar-refractivity contribution in [1.29, 1.82) is 0 Å². The number of anilines is 2. The van der Waals surface area contributed by atoms with E-state index in [-0.39, 0.29) is 17.8 Å². The molecule has 8 nitrogen and oxygen atoms in total. The monoisotopic (exact) mass is 549 g/mol. The van der Waals surface area contributed by atoms with Crippen LogP contribution in [-0.2, 0) is 11.3 Å². The van der Waals surface area contributed by atoms with Crippen molar-refractivity contribution in [2.75, 3.05) is 16.8 Å². The molecule has 0 fully saturated rings. The van der Waals surface area contributed by atoms with Gasteiger partial charge in [-0.2, -0.15) is 0 Å². The highest BCUT2D eigenvalue weighted by atomic mass is 19.2. The predicted octanol–water partition coefficient (Wildman–Crippen LogP) is 5.34. The second-order valence-electron chi connectivity index (χ2n) is 9.43. The van der Waals surface area contributed by atoms with Crippen LogP contribution in [0.4, 0.5) is 25.0 Å². The van der Waals surface area contributed by atoms with E-state index < -0.39 is 42.2 Å². The second kappa shape index (κ2) is 13.0. The first-order valence-electron chi connectivity index (χ1n) is 12.8. The van der Waals surface area contributed by atoms with Gasteiger partial charge in [0.25, 0.3) is 5.91 Å². The van der Waals surface area contributed by atoms with E-state index in [1.54, 1.807) is 12.1 Å². The molecule has 0 aliphatic heterocycles. The fourth-order valence-electron chi connectivity index (χ4n) is 4.32. The van der Waals surface area contributed by atoms with Crippen molar-refractivity contribution in [2.24, 2.45) is 0 Å². The van der Waals surface area contributed by atoms with Crippen molar-refractivity contribution >= 4 is 34.9 Å². The molecule has 10 heteroatoms. The number of rotatable bonds is 9. The zero-order valence-electron chi connectivity index (χ0n) is 21.6. The lowest BCUT2D eigenvalue weighted by Gasteiger charge is -2.24. The van der Waals surface area contributed by atoms with Crippen LogP contribution in [0, 0.1) is 11.6 Å². The number of aliphatic hydroxyl groups is 1. The molecule has 1 aliphatic rings. The number of hydrogen-bond donors (Lipinski definition) is 4. The number of hydrogen-bond acceptors (Lipinski definition) is 4. The number of halogens is 2. The first-order valence-corrected chi connectivity index (χ1v) is 12.8. The van der Waals surface area contributed by atoms with Gasteiger partial charge in [0, 0.05) is 23.0 Å². The number of amides is 3. The average Bonchev–Trinajstić information content (AvgIpc) is 2.97. The molecule has 0 spiro atoms. The minimum absolute atomic E-state index is 0.0912. The lowest BCUT2D eigenvalue weighted by atomic mass is 9.93. The summed E-state index contributed by atoms with van der Waals surface area (Å²) in [6, 6.07) is 16.4. The van der Waals surface area contributed by atoms with Crippen LogP contribution in [0.15, 0.2) is 72.8 Å². The van der Waals surface area contributed by atoms with E-state index >= 15 is 0 Å². The molecule has 0 bridgehead atoms. The molecule has 0 aromatic heterocycles. The van der Waals surface area contributed by atoms with Gasteiger partial charge in [-0.05, 0) is 78.8 Å². The molecule has 1 unspecified atom stereocenters. The predicted molar refractivity (Wildman–Crippen MR) is 147 cm³/mol. The van der Waals surface area contributed by atoms with Crippen LogP contribution in [0.25, 0.3) is 5.57 Å². The molecule has 4 N–H and O–H groups in total. The van der Waals surface area contributed by atoms with E-state index in [0.29, 0.717) is 11.3 Å². The summed E-state index contributed by atoms with van der Waals surface area (Å²) >= 11 is 0. The fourth-order valence-corrected chi connectivity index (χ4v) is 4.32. The fraction of sp³-hybridized carbons (Fsp3) is 0.233. The Kier molecular flexibility index (Phi) is 9.23. The van der Waals surface area contributed by atoms with Crippen LogP contribution in [0.1, 0.15) is 47.2 Å². The SMILES string of the molecule is O=C(NCC(O)C(=O)O)c1ccc(CN(C(=O)Nc2ccc(F)c(F)c2)c2ccc(C3=CCCCC3)cc2)cc1. The third-order valence-electron chi connectivity index (χ3n) is 6.55. The number of nitrogens with one attached hydrogen (secondary N) is 2. The maximum atomic E-state index is 13.7. The van der Waals surface area contributed by atoms with Gasteiger partial charge in [-0.25, -0.2) is 18.4 Å².